The molecule has 67 valence electrons. The zero-order valence-corrected chi connectivity index (χ0v) is 11.0. The van der Waals surface area contributed by atoms with Crippen LogP contribution in [0, 0.1) is 6.92 Å². The molecule has 0 rings (SSSR count). The fourth-order valence-corrected chi connectivity index (χ4v) is 0.785. The van der Waals surface area contributed by atoms with Crippen molar-refractivity contribution >= 4 is 5.91 Å². The van der Waals surface area contributed by atoms with E-state index in [0.717, 1.165) is 12.0 Å². The minimum Gasteiger partial charge on any atom is -0.364 e. The molecule has 1 unspecified atom stereocenters. The second-order valence-electron chi connectivity index (χ2n) is 2.69. The average molecular weight is 243 g/mol. The summed E-state index contributed by atoms with van der Waals surface area (Å²) in [6.07, 6.45) is 0.902. The van der Waals surface area contributed by atoms with Crippen molar-refractivity contribution < 1.29 is 37.5 Å². The molecule has 3 heteroatoms. The van der Waals surface area contributed by atoms with Crippen molar-refractivity contribution in [2.75, 3.05) is 7.05 Å². The van der Waals surface area contributed by atoms with Gasteiger partial charge in [0.2, 0.25) is 0 Å². The zero-order chi connectivity index (χ0) is 9.02. The molecule has 2 nitrogen and oxygen atoms in total. The standard InChI is InChI=1S/C9H16NO.Y/c1-6-7(2)8(3)10(5)9(4)11;/h8H,2,4,6H2,1,3,5H3;/q-1;. The summed E-state index contributed by atoms with van der Waals surface area (Å²) in [6.45, 7) is 11.2. The van der Waals surface area contributed by atoms with Crippen molar-refractivity contribution in [3.8, 4) is 0 Å². The Morgan fingerprint density at radius 3 is 2.33 bits per heavy atom. The van der Waals surface area contributed by atoms with Gasteiger partial charge in [0, 0.05) is 45.8 Å². The van der Waals surface area contributed by atoms with Gasteiger partial charge in [0.05, 0.1) is 5.91 Å². The molecule has 1 radical (unpaired) electrons. The number of likely N-dealkylation sites (N-methyl/N-ethyl adjacent to an activating group) is 1. The maximum absolute atomic E-state index is 10.8. The van der Waals surface area contributed by atoms with Crippen molar-refractivity contribution in [2.24, 2.45) is 0 Å². The third-order valence-electron chi connectivity index (χ3n) is 2.02. The van der Waals surface area contributed by atoms with E-state index < -0.39 is 0 Å². The molecule has 0 saturated heterocycles. The van der Waals surface area contributed by atoms with Crippen LogP contribution in [-0.4, -0.2) is 23.9 Å². The van der Waals surface area contributed by atoms with E-state index in [1.165, 1.54) is 0 Å². The van der Waals surface area contributed by atoms with Gasteiger partial charge in [-0.1, -0.05) is 19.1 Å². The van der Waals surface area contributed by atoms with Gasteiger partial charge in [-0.15, -0.1) is 0 Å². The average Bonchev–Trinajstić information content (AvgIpc) is 2.00. The first kappa shape index (κ1) is 14.7. The summed E-state index contributed by atoms with van der Waals surface area (Å²) in [5.41, 5.74) is 1.06. The van der Waals surface area contributed by atoms with Crippen LogP contribution in [0.15, 0.2) is 12.2 Å². The predicted molar refractivity (Wildman–Crippen MR) is 47.0 cm³/mol. The molecular formula is C9H16NOY-. The minimum absolute atomic E-state index is 0. The fraction of sp³-hybridized carbons (Fsp3) is 0.556. The molecule has 1 amide bonds. The molecule has 0 fully saturated rings. The summed E-state index contributed by atoms with van der Waals surface area (Å²) in [7, 11) is 1.74. The quantitative estimate of drug-likeness (QED) is 0.545. The summed E-state index contributed by atoms with van der Waals surface area (Å²) in [6, 6.07) is 0.102. The number of amides is 1. The molecule has 0 aliphatic rings. The van der Waals surface area contributed by atoms with E-state index in [1.807, 2.05) is 13.8 Å². The van der Waals surface area contributed by atoms with E-state index in [-0.39, 0.29) is 44.7 Å². The Labute approximate surface area is 100 Å². The maximum Gasteiger partial charge on any atom is 0.0825 e. The van der Waals surface area contributed by atoms with Gasteiger partial charge in [0.1, 0.15) is 0 Å². The monoisotopic (exact) mass is 243 g/mol. The minimum atomic E-state index is -0.160. The van der Waals surface area contributed by atoms with E-state index in [1.54, 1.807) is 11.9 Å². The first-order chi connectivity index (χ1) is 5.00. The third-order valence-corrected chi connectivity index (χ3v) is 2.02. The first-order valence-electron chi connectivity index (χ1n) is 3.77. The second-order valence-corrected chi connectivity index (χ2v) is 2.69. The van der Waals surface area contributed by atoms with Crippen molar-refractivity contribution in [3.63, 3.8) is 0 Å². The molecular weight excluding hydrogens is 227 g/mol. The van der Waals surface area contributed by atoms with Gasteiger partial charge in [0.15, 0.2) is 0 Å². The van der Waals surface area contributed by atoms with Gasteiger partial charge >= 0.3 is 0 Å². The predicted octanol–water partition coefficient (Wildman–Crippen LogP) is 1.63. The summed E-state index contributed by atoms with van der Waals surface area (Å²) >= 11 is 0. The van der Waals surface area contributed by atoms with Crippen LogP contribution < -0.4 is 0 Å². The number of hydrogen-bond acceptors (Lipinski definition) is 1. The summed E-state index contributed by atoms with van der Waals surface area (Å²) in [5.74, 6) is -0.160. The Balaban J connectivity index is 0. The van der Waals surface area contributed by atoms with E-state index in [0.29, 0.717) is 0 Å². The largest absolute Gasteiger partial charge is 0.364 e. The maximum atomic E-state index is 10.8. The van der Waals surface area contributed by atoms with Gasteiger partial charge in [-0.2, -0.15) is 0 Å². The Bertz CT molecular complexity index is 168. The number of nitrogens with zero attached hydrogens (tertiary/aromatic N) is 1. The zero-order valence-electron chi connectivity index (χ0n) is 8.13. The Morgan fingerprint density at radius 1 is 1.67 bits per heavy atom. The summed E-state index contributed by atoms with van der Waals surface area (Å²) < 4.78 is 0. The number of carbonyl (C=O) groups is 1. The van der Waals surface area contributed by atoms with Crippen LogP contribution in [0.2, 0.25) is 0 Å². The van der Waals surface area contributed by atoms with E-state index in [2.05, 4.69) is 13.5 Å². The Kier molecular flexibility index (Phi) is 8.17. The SMILES string of the molecule is C=C(CC)C(C)N(C)C([CH2-])=O.[Y]. The van der Waals surface area contributed by atoms with E-state index in [4.69, 9.17) is 0 Å². The van der Waals surface area contributed by atoms with Crippen LogP contribution in [-0.2, 0) is 37.5 Å². The van der Waals surface area contributed by atoms with Gasteiger partial charge < -0.3 is 16.6 Å². The molecule has 0 N–H and O–H groups in total. The smallest absolute Gasteiger partial charge is 0.0825 e. The fourth-order valence-electron chi connectivity index (χ4n) is 0.785. The van der Waals surface area contributed by atoms with Crippen molar-refractivity contribution in [1.29, 1.82) is 0 Å². The number of rotatable bonds is 3. The molecule has 12 heavy (non-hydrogen) atoms. The topological polar surface area (TPSA) is 20.3 Å². The summed E-state index contributed by atoms with van der Waals surface area (Å²) in [4.78, 5) is 12.4. The van der Waals surface area contributed by atoms with Crippen LogP contribution >= 0.6 is 0 Å². The molecule has 0 aliphatic heterocycles. The number of hydrogen-bond donors (Lipinski definition) is 0. The van der Waals surface area contributed by atoms with E-state index >= 15 is 0 Å². The van der Waals surface area contributed by atoms with Gasteiger partial charge in [0.25, 0.3) is 0 Å². The first-order valence-corrected chi connectivity index (χ1v) is 3.77. The van der Waals surface area contributed by atoms with Crippen molar-refractivity contribution in [3.05, 3.63) is 19.1 Å². The summed E-state index contributed by atoms with van der Waals surface area (Å²) in [5, 5.41) is 0. The molecule has 0 aliphatic carbocycles. The molecule has 0 bridgehead atoms. The van der Waals surface area contributed by atoms with Crippen LogP contribution in [0.25, 0.3) is 0 Å². The third kappa shape index (κ3) is 4.27. The molecule has 0 aromatic rings. The Hall–Kier alpha value is 0.184. The van der Waals surface area contributed by atoms with Crippen LogP contribution in [0.1, 0.15) is 20.3 Å². The second kappa shape index (κ2) is 6.67. The number of carbonyl (C=O) groups excluding carboxylic acids is 1. The molecule has 0 aromatic carbocycles. The van der Waals surface area contributed by atoms with Gasteiger partial charge in [-0.05, 0) is 13.3 Å². The van der Waals surface area contributed by atoms with Crippen molar-refractivity contribution in [1.82, 2.24) is 4.90 Å². The van der Waals surface area contributed by atoms with Crippen molar-refractivity contribution in [2.45, 2.75) is 26.3 Å². The van der Waals surface area contributed by atoms with Crippen LogP contribution in [0.4, 0.5) is 0 Å². The molecule has 0 saturated carbocycles. The molecule has 0 heterocycles. The molecule has 0 spiro atoms. The molecule has 0 aromatic heterocycles. The van der Waals surface area contributed by atoms with Crippen LogP contribution in [0.3, 0.4) is 0 Å². The van der Waals surface area contributed by atoms with Gasteiger partial charge in [-0.3, -0.25) is 0 Å². The van der Waals surface area contributed by atoms with Gasteiger partial charge in [-0.25, -0.2) is 0 Å². The van der Waals surface area contributed by atoms with E-state index in [9.17, 15) is 4.79 Å². The normalized spacial score (nSPS) is 11.2. The Morgan fingerprint density at radius 2 is 2.08 bits per heavy atom. The molecule has 1 atom stereocenters. The van der Waals surface area contributed by atoms with Crippen LogP contribution in [0.5, 0.6) is 0 Å².